The number of anilines is 1. The standard InChI is InChI=1S/C27H31BrClN5O2S/c1-4-27(2,3)19-11-13-20(14-12-19)37(35,36)32-16-8-7-15-30-25-17-24(21-9-5-6-10-23(21)29)33-26-22(28)18-31-34(25)26/h5-6,9-14,17-18,30,32H,4,7-8,15-16H2,1-3H3. The van der Waals surface area contributed by atoms with E-state index in [9.17, 15) is 8.42 Å². The lowest BCUT2D eigenvalue weighted by Crippen LogP contribution is -2.25. The topological polar surface area (TPSA) is 88.4 Å². The van der Waals surface area contributed by atoms with Crippen molar-refractivity contribution < 1.29 is 8.42 Å². The molecule has 2 N–H and O–H groups in total. The summed E-state index contributed by atoms with van der Waals surface area (Å²) in [5, 5.41) is 8.43. The van der Waals surface area contributed by atoms with Gasteiger partial charge < -0.3 is 5.32 Å². The summed E-state index contributed by atoms with van der Waals surface area (Å²) in [6.07, 6.45) is 4.13. The van der Waals surface area contributed by atoms with Gasteiger partial charge in [-0.15, -0.1) is 0 Å². The first kappa shape index (κ1) is 27.6. The van der Waals surface area contributed by atoms with Crippen LogP contribution in [0, 0.1) is 0 Å². The number of hydrogen-bond acceptors (Lipinski definition) is 5. The zero-order chi connectivity index (χ0) is 26.6. The van der Waals surface area contributed by atoms with Gasteiger partial charge in [-0.3, -0.25) is 0 Å². The Morgan fingerprint density at radius 3 is 2.46 bits per heavy atom. The highest BCUT2D eigenvalue weighted by atomic mass is 79.9. The Labute approximate surface area is 231 Å². The van der Waals surface area contributed by atoms with Crippen molar-refractivity contribution in [3.05, 3.63) is 75.9 Å². The van der Waals surface area contributed by atoms with E-state index in [2.05, 4.69) is 51.8 Å². The molecule has 4 rings (SSSR count). The van der Waals surface area contributed by atoms with Crippen LogP contribution in [0.3, 0.4) is 0 Å². The summed E-state index contributed by atoms with van der Waals surface area (Å²) in [6.45, 7) is 7.44. The van der Waals surface area contributed by atoms with E-state index in [4.69, 9.17) is 16.6 Å². The number of hydrogen-bond donors (Lipinski definition) is 2. The van der Waals surface area contributed by atoms with Crippen LogP contribution >= 0.6 is 27.5 Å². The number of rotatable bonds is 11. The minimum Gasteiger partial charge on any atom is -0.370 e. The summed E-state index contributed by atoms with van der Waals surface area (Å²) in [5.74, 6) is 0.779. The quantitative estimate of drug-likeness (QED) is 0.187. The molecule has 2 aromatic carbocycles. The molecule has 0 amide bonds. The van der Waals surface area contributed by atoms with E-state index >= 15 is 0 Å². The number of fused-ring (bicyclic) bond motifs is 1. The summed E-state index contributed by atoms with van der Waals surface area (Å²) >= 11 is 9.91. The van der Waals surface area contributed by atoms with Crippen molar-refractivity contribution in [1.82, 2.24) is 19.3 Å². The highest BCUT2D eigenvalue weighted by Crippen LogP contribution is 2.30. The fourth-order valence-corrected chi connectivity index (χ4v) is 5.57. The number of aromatic nitrogens is 3. The van der Waals surface area contributed by atoms with Gasteiger partial charge in [0.05, 0.1) is 21.3 Å². The predicted molar refractivity (Wildman–Crippen MR) is 154 cm³/mol. The molecule has 4 aromatic rings. The van der Waals surface area contributed by atoms with Gasteiger partial charge in [-0.05, 0) is 64.4 Å². The maximum atomic E-state index is 12.7. The molecule has 0 fully saturated rings. The van der Waals surface area contributed by atoms with Gasteiger partial charge in [0.15, 0.2) is 5.65 Å². The second-order valence-corrected chi connectivity index (χ2v) is 12.6. The Morgan fingerprint density at radius 1 is 1.05 bits per heavy atom. The lowest BCUT2D eigenvalue weighted by molar-refractivity contribution is 0.505. The molecule has 10 heteroatoms. The van der Waals surface area contributed by atoms with Gasteiger partial charge in [0.1, 0.15) is 5.82 Å². The molecule has 0 atom stereocenters. The van der Waals surface area contributed by atoms with Gasteiger partial charge in [-0.2, -0.15) is 9.61 Å². The summed E-state index contributed by atoms with van der Waals surface area (Å²) in [4.78, 5) is 5.00. The van der Waals surface area contributed by atoms with Gasteiger partial charge in [0.2, 0.25) is 10.0 Å². The van der Waals surface area contributed by atoms with E-state index in [-0.39, 0.29) is 10.3 Å². The van der Waals surface area contributed by atoms with Crippen molar-refractivity contribution in [2.75, 3.05) is 18.4 Å². The smallest absolute Gasteiger partial charge is 0.240 e. The van der Waals surface area contributed by atoms with Crippen LogP contribution in [0.25, 0.3) is 16.9 Å². The highest BCUT2D eigenvalue weighted by Gasteiger charge is 2.20. The molecule has 7 nitrogen and oxygen atoms in total. The summed E-state index contributed by atoms with van der Waals surface area (Å²) < 4.78 is 30.6. The Morgan fingerprint density at radius 2 is 1.76 bits per heavy atom. The summed E-state index contributed by atoms with van der Waals surface area (Å²) in [6, 6.07) is 16.7. The van der Waals surface area contributed by atoms with E-state index in [1.807, 2.05) is 42.5 Å². The summed E-state index contributed by atoms with van der Waals surface area (Å²) in [5.41, 5.74) is 3.41. The molecule has 37 heavy (non-hydrogen) atoms. The number of nitrogens with zero attached hydrogens (tertiary/aromatic N) is 3. The lowest BCUT2D eigenvalue weighted by atomic mass is 9.82. The number of nitrogens with one attached hydrogen (secondary N) is 2. The molecule has 0 aliphatic rings. The van der Waals surface area contributed by atoms with Gasteiger partial charge in [0.25, 0.3) is 0 Å². The maximum Gasteiger partial charge on any atom is 0.240 e. The average molecular weight is 605 g/mol. The summed E-state index contributed by atoms with van der Waals surface area (Å²) in [7, 11) is -3.55. The molecule has 0 aliphatic heterocycles. The minimum atomic E-state index is -3.55. The van der Waals surface area contributed by atoms with Gasteiger partial charge in [0, 0.05) is 29.7 Å². The zero-order valence-corrected chi connectivity index (χ0v) is 24.3. The first-order chi connectivity index (χ1) is 17.6. The molecule has 2 aromatic heterocycles. The molecular weight excluding hydrogens is 574 g/mol. The van der Waals surface area contributed by atoms with Crippen LogP contribution in [-0.4, -0.2) is 36.1 Å². The van der Waals surface area contributed by atoms with Crippen LogP contribution in [0.4, 0.5) is 5.82 Å². The van der Waals surface area contributed by atoms with Crippen molar-refractivity contribution in [2.45, 2.75) is 50.3 Å². The molecular formula is C27H31BrClN5O2S. The highest BCUT2D eigenvalue weighted by molar-refractivity contribution is 9.10. The van der Waals surface area contributed by atoms with Crippen molar-refractivity contribution in [1.29, 1.82) is 0 Å². The molecule has 196 valence electrons. The average Bonchev–Trinajstić information content (AvgIpc) is 3.27. The molecule has 0 saturated carbocycles. The molecule has 0 saturated heterocycles. The van der Waals surface area contributed by atoms with Crippen LogP contribution in [0.1, 0.15) is 45.6 Å². The van der Waals surface area contributed by atoms with E-state index in [0.717, 1.165) is 40.0 Å². The second-order valence-electron chi connectivity index (χ2n) is 9.53. The van der Waals surface area contributed by atoms with Crippen molar-refractivity contribution in [3.63, 3.8) is 0 Å². The predicted octanol–water partition coefficient (Wildman–Crippen LogP) is 6.67. The number of halogens is 2. The fraction of sp³-hybridized carbons (Fsp3) is 0.333. The number of benzene rings is 2. The third kappa shape index (κ3) is 6.34. The van der Waals surface area contributed by atoms with Crippen molar-refractivity contribution >= 4 is 49.0 Å². The monoisotopic (exact) mass is 603 g/mol. The van der Waals surface area contributed by atoms with Crippen LogP contribution in [0.2, 0.25) is 5.02 Å². The maximum absolute atomic E-state index is 12.7. The third-order valence-corrected chi connectivity index (χ3v) is 8.98. The number of unbranched alkanes of at least 4 members (excludes halogenated alkanes) is 1. The van der Waals surface area contributed by atoms with Crippen molar-refractivity contribution in [3.8, 4) is 11.3 Å². The Kier molecular flexibility index (Phi) is 8.58. The van der Waals surface area contributed by atoms with Crippen molar-refractivity contribution in [2.24, 2.45) is 0 Å². The zero-order valence-electron chi connectivity index (χ0n) is 21.1. The molecule has 0 radical (unpaired) electrons. The van der Waals surface area contributed by atoms with E-state index < -0.39 is 10.0 Å². The molecule has 0 aliphatic carbocycles. The Balaban J connectivity index is 1.35. The van der Waals surface area contributed by atoms with Gasteiger partial charge in [-0.1, -0.05) is 62.7 Å². The van der Waals surface area contributed by atoms with Gasteiger partial charge >= 0.3 is 0 Å². The normalized spacial score (nSPS) is 12.2. The van der Waals surface area contributed by atoms with E-state index in [1.54, 1.807) is 22.8 Å². The third-order valence-electron chi connectivity index (χ3n) is 6.61. The SMILES string of the molecule is CCC(C)(C)c1ccc(S(=O)(=O)NCCCCNc2cc(-c3ccccc3Cl)nc3c(Br)cnn23)cc1. The first-order valence-electron chi connectivity index (χ1n) is 12.3. The Bertz CT molecular complexity index is 1490. The fourth-order valence-electron chi connectivity index (χ4n) is 3.91. The van der Waals surface area contributed by atoms with Gasteiger partial charge in [-0.25, -0.2) is 18.1 Å². The van der Waals surface area contributed by atoms with E-state index in [0.29, 0.717) is 30.2 Å². The van der Waals surface area contributed by atoms with Crippen LogP contribution < -0.4 is 10.0 Å². The Hall–Kier alpha value is -2.46. The molecule has 2 heterocycles. The largest absolute Gasteiger partial charge is 0.370 e. The van der Waals surface area contributed by atoms with Crippen LogP contribution in [0.15, 0.2) is 70.2 Å². The number of sulfonamides is 1. The molecule has 0 spiro atoms. The lowest BCUT2D eigenvalue weighted by Gasteiger charge is -2.23. The second kappa shape index (κ2) is 11.5. The van der Waals surface area contributed by atoms with Crippen LogP contribution in [-0.2, 0) is 15.4 Å². The van der Waals surface area contributed by atoms with Crippen LogP contribution in [0.5, 0.6) is 0 Å². The molecule has 0 unspecified atom stereocenters. The minimum absolute atomic E-state index is 0.0173. The van der Waals surface area contributed by atoms with E-state index in [1.165, 1.54) is 0 Å². The molecule has 0 bridgehead atoms. The first-order valence-corrected chi connectivity index (χ1v) is 14.9.